The van der Waals surface area contributed by atoms with Crippen LogP contribution in [0.1, 0.15) is 11.1 Å². The van der Waals surface area contributed by atoms with Crippen LogP contribution in [0, 0.1) is 0 Å². The first kappa shape index (κ1) is 18.8. The molecule has 0 aliphatic heterocycles. The predicted molar refractivity (Wildman–Crippen MR) is 104 cm³/mol. The molecule has 0 amide bonds. The Balaban J connectivity index is 1.73. The lowest BCUT2D eigenvalue weighted by Gasteiger charge is -2.14. The van der Waals surface area contributed by atoms with Crippen LogP contribution in [0.5, 0.6) is 5.75 Å². The van der Waals surface area contributed by atoms with Crippen molar-refractivity contribution < 1.29 is 4.74 Å². The molecular weight excluding hydrogens is 312 g/mol. The van der Waals surface area contributed by atoms with E-state index in [2.05, 4.69) is 58.9 Å². The molecule has 0 saturated carbocycles. The van der Waals surface area contributed by atoms with Crippen LogP contribution in [0.3, 0.4) is 0 Å². The van der Waals surface area contributed by atoms with Gasteiger partial charge in [0.05, 0.1) is 6.54 Å². The standard InChI is InChI=1S/C20H28N4O/c1-21-20(22-12-13-25-19-10-5-4-6-11-19)23-15-17-8-7-9-18(14-17)16-24(2)3/h4-11,14H,12-13,15-16H2,1-3H3,(H2,21,22,23). The van der Waals surface area contributed by atoms with Gasteiger partial charge in [0, 0.05) is 20.1 Å². The third-order valence-corrected chi connectivity index (χ3v) is 3.58. The van der Waals surface area contributed by atoms with E-state index in [9.17, 15) is 0 Å². The van der Waals surface area contributed by atoms with Crippen LogP contribution in [0.25, 0.3) is 0 Å². The third kappa shape index (κ3) is 7.27. The van der Waals surface area contributed by atoms with Gasteiger partial charge in [-0.15, -0.1) is 0 Å². The monoisotopic (exact) mass is 340 g/mol. The number of para-hydroxylation sites is 1. The van der Waals surface area contributed by atoms with Crippen molar-refractivity contribution in [3.05, 3.63) is 65.7 Å². The summed E-state index contributed by atoms with van der Waals surface area (Å²) in [6.07, 6.45) is 0. The second-order valence-electron chi connectivity index (χ2n) is 6.07. The van der Waals surface area contributed by atoms with E-state index in [4.69, 9.17) is 4.74 Å². The van der Waals surface area contributed by atoms with Gasteiger partial charge in [-0.25, -0.2) is 0 Å². The zero-order valence-corrected chi connectivity index (χ0v) is 15.3. The normalized spacial score (nSPS) is 11.4. The summed E-state index contributed by atoms with van der Waals surface area (Å²) in [5.41, 5.74) is 2.55. The van der Waals surface area contributed by atoms with Gasteiger partial charge in [0.1, 0.15) is 12.4 Å². The van der Waals surface area contributed by atoms with E-state index < -0.39 is 0 Å². The fraction of sp³-hybridized carbons (Fsp3) is 0.350. The highest BCUT2D eigenvalue weighted by Gasteiger charge is 2.01. The second kappa shape index (κ2) is 10.4. The van der Waals surface area contributed by atoms with Gasteiger partial charge in [0.2, 0.25) is 0 Å². The number of rotatable bonds is 8. The summed E-state index contributed by atoms with van der Waals surface area (Å²) in [6, 6.07) is 18.4. The molecular formula is C20H28N4O. The van der Waals surface area contributed by atoms with Gasteiger partial charge in [-0.1, -0.05) is 42.5 Å². The Morgan fingerprint density at radius 1 is 1.00 bits per heavy atom. The van der Waals surface area contributed by atoms with Crippen LogP contribution in [0.4, 0.5) is 0 Å². The fourth-order valence-corrected chi connectivity index (χ4v) is 2.46. The van der Waals surface area contributed by atoms with Crippen molar-refractivity contribution in [3.8, 4) is 5.75 Å². The molecule has 2 rings (SSSR count). The molecule has 0 atom stereocenters. The lowest BCUT2D eigenvalue weighted by Crippen LogP contribution is -2.38. The number of benzene rings is 2. The molecule has 0 bridgehead atoms. The summed E-state index contributed by atoms with van der Waals surface area (Å²) in [5, 5.41) is 6.60. The first-order valence-electron chi connectivity index (χ1n) is 8.52. The molecule has 0 aliphatic rings. The maximum absolute atomic E-state index is 5.67. The largest absolute Gasteiger partial charge is 0.492 e. The molecule has 0 fully saturated rings. The average molecular weight is 340 g/mol. The molecule has 0 spiro atoms. The third-order valence-electron chi connectivity index (χ3n) is 3.58. The van der Waals surface area contributed by atoms with Crippen molar-refractivity contribution in [1.29, 1.82) is 0 Å². The van der Waals surface area contributed by atoms with E-state index in [-0.39, 0.29) is 0 Å². The summed E-state index contributed by atoms with van der Waals surface area (Å²) in [5.74, 6) is 1.65. The van der Waals surface area contributed by atoms with Gasteiger partial charge >= 0.3 is 0 Å². The predicted octanol–water partition coefficient (Wildman–Crippen LogP) is 2.49. The Morgan fingerprint density at radius 3 is 2.48 bits per heavy atom. The summed E-state index contributed by atoms with van der Waals surface area (Å²) < 4.78 is 5.67. The van der Waals surface area contributed by atoms with Crippen LogP contribution in [0.2, 0.25) is 0 Å². The van der Waals surface area contributed by atoms with Gasteiger partial charge < -0.3 is 20.3 Å². The van der Waals surface area contributed by atoms with E-state index >= 15 is 0 Å². The van der Waals surface area contributed by atoms with Crippen LogP contribution in [-0.2, 0) is 13.1 Å². The van der Waals surface area contributed by atoms with Crippen molar-refractivity contribution in [1.82, 2.24) is 15.5 Å². The van der Waals surface area contributed by atoms with Gasteiger partial charge in [-0.05, 0) is 37.4 Å². The number of nitrogens with zero attached hydrogens (tertiary/aromatic N) is 2. The summed E-state index contributed by atoms with van der Waals surface area (Å²) in [7, 11) is 5.93. The Labute approximate surface area is 150 Å². The number of hydrogen-bond donors (Lipinski definition) is 2. The van der Waals surface area contributed by atoms with E-state index in [1.54, 1.807) is 7.05 Å². The first-order valence-corrected chi connectivity index (χ1v) is 8.52. The minimum absolute atomic E-state index is 0.586. The lowest BCUT2D eigenvalue weighted by molar-refractivity contribution is 0.322. The Bertz CT molecular complexity index is 656. The highest BCUT2D eigenvalue weighted by molar-refractivity contribution is 5.79. The Kier molecular flexibility index (Phi) is 7.79. The molecule has 25 heavy (non-hydrogen) atoms. The molecule has 2 aromatic rings. The van der Waals surface area contributed by atoms with Gasteiger partial charge in [-0.2, -0.15) is 0 Å². The molecule has 0 saturated heterocycles. The molecule has 134 valence electrons. The van der Waals surface area contributed by atoms with Crippen molar-refractivity contribution in [2.24, 2.45) is 4.99 Å². The zero-order chi connectivity index (χ0) is 17.9. The minimum atomic E-state index is 0.586. The van der Waals surface area contributed by atoms with Crippen LogP contribution < -0.4 is 15.4 Å². The van der Waals surface area contributed by atoms with E-state index in [0.29, 0.717) is 13.2 Å². The SMILES string of the molecule is CN=C(NCCOc1ccccc1)NCc1cccc(CN(C)C)c1. The van der Waals surface area contributed by atoms with Gasteiger partial charge in [-0.3, -0.25) is 4.99 Å². The van der Waals surface area contributed by atoms with E-state index in [0.717, 1.165) is 24.8 Å². The number of nitrogens with one attached hydrogen (secondary N) is 2. The molecule has 0 aromatic heterocycles. The maximum atomic E-state index is 5.67. The topological polar surface area (TPSA) is 48.9 Å². The molecule has 0 heterocycles. The second-order valence-corrected chi connectivity index (χ2v) is 6.07. The molecule has 5 heteroatoms. The zero-order valence-electron chi connectivity index (χ0n) is 15.3. The van der Waals surface area contributed by atoms with Crippen LogP contribution in [0.15, 0.2) is 59.6 Å². The summed E-state index contributed by atoms with van der Waals surface area (Å²) in [6.45, 7) is 2.95. The molecule has 5 nitrogen and oxygen atoms in total. The molecule has 0 radical (unpaired) electrons. The van der Waals surface area contributed by atoms with Crippen molar-refractivity contribution in [2.75, 3.05) is 34.3 Å². The average Bonchev–Trinajstić information content (AvgIpc) is 2.62. The van der Waals surface area contributed by atoms with Gasteiger partial charge in [0.15, 0.2) is 5.96 Å². The van der Waals surface area contributed by atoms with Crippen molar-refractivity contribution in [2.45, 2.75) is 13.1 Å². The number of hydrogen-bond acceptors (Lipinski definition) is 3. The lowest BCUT2D eigenvalue weighted by atomic mass is 10.1. The smallest absolute Gasteiger partial charge is 0.191 e. The van der Waals surface area contributed by atoms with E-state index in [1.165, 1.54) is 11.1 Å². The Morgan fingerprint density at radius 2 is 1.76 bits per heavy atom. The molecule has 2 N–H and O–H groups in total. The Hall–Kier alpha value is -2.53. The molecule has 0 aliphatic carbocycles. The van der Waals surface area contributed by atoms with E-state index in [1.807, 2.05) is 30.3 Å². The number of ether oxygens (including phenoxy) is 1. The summed E-state index contributed by atoms with van der Waals surface area (Å²) >= 11 is 0. The maximum Gasteiger partial charge on any atom is 0.191 e. The van der Waals surface area contributed by atoms with Crippen molar-refractivity contribution in [3.63, 3.8) is 0 Å². The molecule has 2 aromatic carbocycles. The summed E-state index contributed by atoms with van der Waals surface area (Å²) in [4.78, 5) is 6.42. The fourth-order valence-electron chi connectivity index (χ4n) is 2.46. The number of aliphatic imine (C=N–C) groups is 1. The van der Waals surface area contributed by atoms with Crippen LogP contribution in [-0.4, -0.2) is 45.2 Å². The first-order chi connectivity index (χ1) is 12.2. The van der Waals surface area contributed by atoms with Crippen molar-refractivity contribution >= 4 is 5.96 Å². The quantitative estimate of drug-likeness (QED) is 0.440. The highest BCUT2D eigenvalue weighted by atomic mass is 16.5. The highest BCUT2D eigenvalue weighted by Crippen LogP contribution is 2.08. The van der Waals surface area contributed by atoms with Gasteiger partial charge in [0.25, 0.3) is 0 Å². The van der Waals surface area contributed by atoms with Crippen LogP contribution >= 0.6 is 0 Å². The minimum Gasteiger partial charge on any atom is -0.492 e. The molecule has 0 unspecified atom stereocenters. The number of guanidine groups is 1.